The van der Waals surface area contributed by atoms with Crippen molar-refractivity contribution >= 4 is 27.5 Å². The van der Waals surface area contributed by atoms with Gasteiger partial charge in [-0.15, -0.1) is 0 Å². The summed E-state index contributed by atoms with van der Waals surface area (Å²) in [5.41, 5.74) is 1.30. The van der Waals surface area contributed by atoms with Gasteiger partial charge in [-0.25, -0.2) is 8.42 Å². The minimum absolute atomic E-state index is 0.0442. The molecule has 0 saturated heterocycles. The van der Waals surface area contributed by atoms with Gasteiger partial charge in [0.2, 0.25) is 5.91 Å². The number of hydrogen-bond acceptors (Lipinski definition) is 5. The van der Waals surface area contributed by atoms with Crippen LogP contribution >= 0.6 is 0 Å². The molecule has 0 aliphatic carbocycles. The third-order valence-electron chi connectivity index (χ3n) is 4.22. The Morgan fingerprint density at radius 2 is 1.81 bits per heavy atom. The fraction of sp³-hybridized carbons (Fsp3) is 0.211. The summed E-state index contributed by atoms with van der Waals surface area (Å²) in [4.78, 5) is 24.4. The van der Waals surface area contributed by atoms with Gasteiger partial charge < -0.3 is 4.90 Å². The molecule has 1 amide bonds. The number of non-ortho nitro benzene ring substituents is 1. The van der Waals surface area contributed by atoms with E-state index in [0.717, 1.165) is 11.8 Å². The Labute approximate surface area is 158 Å². The van der Waals surface area contributed by atoms with Crippen LogP contribution in [0.25, 0.3) is 6.08 Å². The molecule has 1 atom stereocenters. The standard InChI is InChI=1S/C19H20N2O5S/c1-14(16-8-10-18(11-9-16)27(3,25)26)20(2)19(22)12-7-15-5-4-6-17(13-15)21(23)24/h4-14H,1-3H3. The van der Waals surface area contributed by atoms with Crippen molar-refractivity contribution in [1.82, 2.24) is 4.90 Å². The van der Waals surface area contributed by atoms with E-state index in [1.807, 2.05) is 6.92 Å². The Balaban J connectivity index is 2.12. The highest BCUT2D eigenvalue weighted by Crippen LogP contribution is 2.21. The van der Waals surface area contributed by atoms with Crippen LogP contribution in [0.1, 0.15) is 24.1 Å². The molecule has 2 aromatic carbocycles. The SMILES string of the molecule is CC(c1ccc(S(C)(=O)=O)cc1)N(C)C(=O)C=Cc1cccc([N+](=O)[O-])c1. The normalized spacial score (nSPS) is 12.7. The van der Waals surface area contributed by atoms with Gasteiger partial charge in [0, 0.05) is 31.5 Å². The smallest absolute Gasteiger partial charge is 0.270 e. The number of hydrogen-bond donors (Lipinski definition) is 0. The summed E-state index contributed by atoms with van der Waals surface area (Å²) in [6, 6.07) is 12.1. The molecule has 0 heterocycles. The fourth-order valence-electron chi connectivity index (χ4n) is 2.44. The Hall–Kier alpha value is -3.00. The molecule has 0 radical (unpaired) electrons. The number of carbonyl (C=O) groups is 1. The van der Waals surface area contributed by atoms with Crippen molar-refractivity contribution in [3.63, 3.8) is 0 Å². The van der Waals surface area contributed by atoms with Gasteiger partial charge in [-0.2, -0.15) is 0 Å². The van der Waals surface area contributed by atoms with Crippen LogP contribution in [-0.4, -0.2) is 37.5 Å². The Bertz CT molecular complexity index is 981. The first-order valence-corrected chi connectivity index (χ1v) is 9.98. The third kappa shape index (κ3) is 5.24. The fourth-order valence-corrected chi connectivity index (χ4v) is 3.07. The predicted octanol–water partition coefficient (Wildman–Crippen LogP) is 3.23. The van der Waals surface area contributed by atoms with Crippen LogP contribution in [0, 0.1) is 10.1 Å². The number of nitro groups is 1. The van der Waals surface area contributed by atoms with Crippen molar-refractivity contribution in [1.29, 1.82) is 0 Å². The van der Waals surface area contributed by atoms with Crippen LogP contribution in [0.5, 0.6) is 0 Å². The number of carbonyl (C=O) groups excluding carboxylic acids is 1. The van der Waals surface area contributed by atoms with E-state index in [4.69, 9.17) is 0 Å². The molecule has 0 aliphatic rings. The third-order valence-corrected chi connectivity index (χ3v) is 5.35. The maximum absolute atomic E-state index is 12.4. The minimum Gasteiger partial charge on any atom is -0.335 e. The van der Waals surface area contributed by atoms with Gasteiger partial charge in [0.05, 0.1) is 15.9 Å². The highest BCUT2D eigenvalue weighted by Gasteiger charge is 2.16. The first-order valence-electron chi connectivity index (χ1n) is 8.09. The lowest BCUT2D eigenvalue weighted by atomic mass is 10.1. The molecule has 2 aromatic rings. The van der Waals surface area contributed by atoms with Gasteiger partial charge in [-0.3, -0.25) is 14.9 Å². The second-order valence-electron chi connectivity index (χ2n) is 6.15. The molecule has 142 valence electrons. The predicted molar refractivity (Wildman–Crippen MR) is 103 cm³/mol. The summed E-state index contributed by atoms with van der Waals surface area (Å²) in [6.45, 7) is 1.83. The molecule has 8 heteroatoms. The average molecular weight is 388 g/mol. The lowest BCUT2D eigenvalue weighted by Crippen LogP contribution is -2.28. The zero-order chi connectivity index (χ0) is 20.2. The average Bonchev–Trinajstić information content (AvgIpc) is 2.64. The summed E-state index contributed by atoms with van der Waals surface area (Å²) < 4.78 is 23.1. The maximum Gasteiger partial charge on any atom is 0.270 e. The van der Waals surface area contributed by atoms with Crippen molar-refractivity contribution in [2.45, 2.75) is 17.9 Å². The molecular formula is C19H20N2O5S. The van der Waals surface area contributed by atoms with Crippen molar-refractivity contribution in [3.05, 3.63) is 75.8 Å². The van der Waals surface area contributed by atoms with Gasteiger partial charge >= 0.3 is 0 Å². The van der Waals surface area contributed by atoms with Crippen LogP contribution in [0.3, 0.4) is 0 Å². The van der Waals surface area contributed by atoms with Crippen molar-refractivity contribution in [3.8, 4) is 0 Å². The van der Waals surface area contributed by atoms with E-state index in [1.165, 1.54) is 41.3 Å². The number of nitrogens with zero attached hydrogens (tertiary/aromatic N) is 2. The lowest BCUT2D eigenvalue weighted by Gasteiger charge is -2.24. The van der Waals surface area contributed by atoms with Gasteiger partial charge in [0.25, 0.3) is 5.69 Å². The zero-order valence-corrected chi connectivity index (χ0v) is 16.0. The quantitative estimate of drug-likeness (QED) is 0.430. The van der Waals surface area contributed by atoms with E-state index in [1.54, 1.807) is 31.3 Å². The van der Waals surface area contributed by atoms with Gasteiger partial charge in [-0.05, 0) is 36.3 Å². The maximum atomic E-state index is 12.4. The highest BCUT2D eigenvalue weighted by molar-refractivity contribution is 7.90. The Morgan fingerprint density at radius 3 is 2.37 bits per heavy atom. The van der Waals surface area contributed by atoms with Crippen LogP contribution in [0.4, 0.5) is 5.69 Å². The van der Waals surface area contributed by atoms with E-state index in [0.29, 0.717) is 5.56 Å². The number of rotatable bonds is 6. The summed E-state index contributed by atoms with van der Waals surface area (Å²) in [5, 5.41) is 10.8. The monoisotopic (exact) mass is 388 g/mol. The molecule has 2 rings (SSSR count). The van der Waals surface area contributed by atoms with Crippen molar-refractivity contribution < 1.29 is 18.1 Å². The van der Waals surface area contributed by atoms with Crippen molar-refractivity contribution in [2.75, 3.05) is 13.3 Å². The van der Waals surface area contributed by atoms with Crippen LogP contribution in [-0.2, 0) is 14.6 Å². The van der Waals surface area contributed by atoms with Gasteiger partial charge in [0.15, 0.2) is 9.84 Å². The lowest BCUT2D eigenvalue weighted by molar-refractivity contribution is -0.384. The summed E-state index contributed by atoms with van der Waals surface area (Å²) in [6.07, 6.45) is 4.01. The molecule has 1 unspecified atom stereocenters. The molecule has 0 saturated carbocycles. The van der Waals surface area contributed by atoms with Gasteiger partial charge in [-0.1, -0.05) is 24.3 Å². The first kappa shape index (κ1) is 20.3. The molecule has 0 fully saturated rings. The molecule has 0 spiro atoms. The first-order chi connectivity index (χ1) is 12.6. The minimum atomic E-state index is -3.27. The molecule has 0 aromatic heterocycles. The molecule has 0 aliphatic heterocycles. The molecule has 0 bridgehead atoms. The van der Waals surface area contributed by atoms with Crippen LogP contribution in [0.15, 0.2) is 59.5 Å². The number of likely N-dealkylation sites (N-methyl/N-ethyl adjacent to an activating group) is 1. The molecule has 7 nitrogen and oxygen atoms in total. The van der Waals surface area contributed by atoms with Crippen LogP contribution in [0.2, 0.25) is 0 Å². The Morgan fingerprint density at radius 1 is 1.19 bits per heavy atom. The molecular weight excluding hydrogens is 368 g/mol. The summed E-state index contributed by atoms with van der Waals surface area (Å²) in [5.74, 6) is -0.277. The molecule has 0 N–H and O–H groups in total. The molecule has 27 heavy (non-hydrogen) atoms. The van der Waals surface area contributed by atoms with E-state index >= 15 is 0 Å². The zero-order valence-electron chi connectivity index (χ0n) is 15.2. The Kier molecular flexibility index (Phi) is 6.12. The summed E-state index contributed by atoms with van der Waals surface area (Å²) in [7, 11) is -1.64. The van der Waals surface area contributed by atoms with Crippen molar-refractivity contribution in [2.24, 2.45) is 0 Å². The van der Waals surface area contributed by atoms with E-state index in [9.17, 15) is 23.3 Å². The van der Waals surface area contributed by atoms with E-state index < -0.39 is 14.8 Å². The largest absolute Gasteiger partial charge is 0.335 e. The second-order valence-corrected chi connectivity index (χ2v) is 8.17. The topological polar surface area (TPSA) is 97.6 Å². The number of nitro benzene ring substituents is 1. The summed E-state index contributed by atoms with van der Waals surface area (Å²) >= 11 is 0. The second kappa shape index (κ2) is 8.13. The van der Waals surface area contributed by atoms with E-state index in [2.05, 4.69) is 0 Å². The van der Waals surface area contributed by atoms with E-state index in [-0.39, 0.29) is 22.5 Å². The number of sulfone groups is 1. The number of amides is 1. The number of benzene rings is 2. The van der Waals surface area contributed by atoms with Crippen LogP contribution < -0.4 is 0 Å². The highest BCUT2D eigenvalue weighted by atomic mass is 32.2. The van der Waals surface area contributed by atoms with Gasteiger partial charge in [0.1, 0.15) is 0 Å².